The van der Waals surface area contributed by atoms with Gasteiger partial charge < -0.3 is 5.11 Å². The largest absolute Gasteiger partial charge is 0.388 e. The van der Waals surface area contributed by atoms with Crippen molar-refractivity contribution in [3.8, 4) is 0 Å². The smallest absolute Gasteiger partial charge is 0.0861 e. The van der Waals surface area contributed by atoms with Crippen molar-refractivity contribution in [1.29, 1.82) is 0 Å². The molecule has 0 radical (unpaired) electrons. The molecule has 1 aromatic carbocycles. The number of rotatable bonds is 5. The van der Waals surface area contributed by atoms with Crippen LogP contribution in [0.2, 0.25) is 0 Å². The molecule has 1 N–H and O–H groups in total. The van der Waals surface area contributed by atoms with E-state index >= 15 is 0 Å². The normalized spacial score (nSPS) is 14.5. The van der Waals surface area contributed by atoms with Gasteiger partial charge in [-0.1, -0.05) is 61.7 Å². The van der Waals surface area contributed by atoms with E-state index in [1.54, 1.807) is 0 Å². The van der Waals surface area contributed by atoms with Crippen LogP contribution in [0.1, 0.15) is 31.7 Å². The monoisotopic (exact) mass is 350 g/mol. The molecule has 3 heteroatoms. The molecule has 0 aliphatic carbocycles. The zero-order valence-electron chi connectivity index (χ0n) is 9.29. The van der Waals surface area contributed by atoms with Gasteiger partial charge >= 0.3 is 0 Å². The van der Waals surface area contributed by atoms with Crippen LogP contribution in [0.3, 0.4) is 0 Å². The molecule has 1 nitrogen and oxygen atoms in total. The summed E-state index contributed by atoms with van der Waals surface area (Å²) in [5, 5.41) is 10.6. The van der Waals surface area contributed by atoms with E-state index in [1.807, 2.05) is 30.3 Å². The molecule has 0 aliphatic heterocycles. The van der Waals surface area contributed by atoms with Crippen LogP contribution < -0.4 is 0 Å². The van der Waals surface area contributed by atoms with Gasteiger partial charge in [0, 0.05) is 3.58 Å². The molecule has 1 aromatic rings. The van der Waals surface area contributed by atoms with Crippen LogP contribution in [-0.2, 0) is 0 Å². The van der Waals surface area contributed by atoms with E-state index < -0.39 is 6.10 Å². The second kappa shape index (κ2) is 7.30. The first kappa shape index (κ1) is 14.0. The molecular weight excluding hydrogens is 334 g/mol. The number of hydrogen-bond acceptors (Lipinski definition) is 1. The standard InChI is InChI=1S/C13H16ClIO/c1-2-3-9-11(16)13(15)12(14)10-7-5-4-6-8-10/h4-8,11,16H,2-3,9H2,1H3/b13-12+. The average molecular weight is 351 g/mol. The van der Waals surface area contributed by atoms with Crippen molar-refractivity contribution < 1.29 is 5.11 Å². The van der Waals surface area contributed by atoms with E-state index in [9.17, 15) is 5.11 Å². The summed E-state index contributed by atoms with van der Waals surface area (Å²) in [7, 11) is 0. The Labute approximate surface area is 116 Å². The first-order valence-corrected chi connectivity index (χ1v) is 6.91. The van der Waals surface area contributed by atoms with Crippen LogP contribution in [0.25, 0.3) is 5.03 Å². The Morgan fingerprint density at radius 2 is 2.00 bits per heavy atom. The molecule has 0 saturated heterocycles. The van der Waals surface area contributed by atoms with Crippen molar-refractivity contribution in [2.45, 2.75) is 32.3 Å². The molecule has 0 fully saturated rings. The topological polar surface area (TPSA) is 20.2 Å². The molecule has 1 rings (SSSR count). The van der Waals surface area contributed by atoms with Gasteiger partial charge in [0.15, 0.2) is 0 Å². The van der Waals surface area contributed by atoms with Crippen LogP contribution in [-0.4, -0.2) is 11.2 Å². The Hall–Kier alpha value is -0.0600. The maximum atomic E-state index is 9.93. The third-order valence-corrected chi connectivity index (χ3v) is 4.36. The molecular formula is C13H16ClIO. The van der Waals surface area contributed by atoms with Crippen molar-refractivity contribution in [1.82, 2.24) is 0 Å². The molecule has 1 atom stereocenters. The third kappa shape index (κ3) is 4.07. The molecule has 0 aliphatic rings. The lowest BCUT2D eigenvalue weighted by atomic mass is 10.1. The van der Waals surface area contributed by atoms with Gasteiger partial charge in [-0.2, -0.15) is 0 Å². The van der Waals surface area contributed by atoms with E-state index in [2.05, 4.69) is 29.5 Å². The maximum absolute atomic E-state index is 9.93. The molecule has 0 heterocycles. The van der Waals surface area contributed by atoms with Crippen LogP contribution in [0.4, 0.5) is 0 Å². The first-order chi connectivity index (χ1) is 7.66. The Bertz CT molecular complexity index is 348. The Kier molecular flexibility index (Phi) is 6.39. The van der Waals surface area contributed by atoms with E-state index in [-0.39, 0.29) is 0 Å². The molecule has 0 saturated carbocycles. The zero-order valence-corrected chi connectivity index (χ0v) is 12.2. The second-order valence-electron chi connectivity index (χ2n) is 3.69. The summed E-state index contributed by atoms with van der Waals surface area (Å²) >= 11 is 8.38. The minimum atomic E-state index is -0.437. The van der Waals surface area contributed by atoms with Crippen LogP contribution in [0.5, 0.6) is 0 Å². The summed E-state index contributed by atoms with van der Waals surface area (Å²) in [6, 6.07) is 9.75. The van der Waals surface area contributed by atoms with Gasteiger partial charge in [-0.25, -0.2) is 0 Å². The van der Waals surface area contributed by atoms with Gasteiger partial charge in [-0.15, -0.1) is 0 Å². The fourth-order valence-corrected chi connectivity index (χ4v) is 2.27. The summed E-state index contributed by atoms with van der Waals surface area (Å²) in [6.45, 7) is 2.11. The Morgan fingerprint density at radius 3 is 2.56 bits per heavy atom. The van der Waals surface area contributed by atoms with E-state index in [1.165, 1.54) is 0 Å². The van der Waals surface area contributed by atoms with E-state index in [0.29, 0.717) is 5.03 Å². The van der Waals surface area contributed by atoms with E-state index in [4.69, 9.17) is 11.6 Å². The van der Waals surface area contributed by atoms with Crippen molar-refractivity contribution in [2.24, 2.45) is 0 Å². The van der Waals surface area contributed by atoms with Crippen molar-refractivity contribution >= 4 is 39.2 Å². The summed E-state index contributed by atoms with van der Waals surface area (Å²) < 4.78 is 0.832. The van der Waals surface area contributed by atoms with Crippen molar-refractivity contribution in [3.05, 3.63) is 39.5 Å². The SMILES string of the molecule is CCCCC(O)/C(I)=C(\Cl)c1ccccc1. The lowest BCUT2D eigenvalue weighted by Gasteiger charge is -2.11. The molecule has 16 heavy (non-hydrogen) atoms. The molecule has 88 valence electrons. The van der Waals surface area contributed by atoms with Crippen LogP contribution in [0.15, 0.2) is 33.9 Å². The number of benzene rings is 1. The minimum absolute atomic E-state index is 0.437. The Morgan fingerprint density at radius 1 is 1.38 bits per heavy atom. The Balaban J connectivity index is 2.79. The quantitative estimate of drug-likeness (QED) is 0.771. The number of unbranched alkanes of at least 4 members (excludes halogenated alkanes) is 1. The van der Waals surface area contributed by atoms with Gasteiger partial charge in [0.2, 0.25) is 0 Å². The fourth-order valence-electron chi connectivity index (χ4n) is 1.39. The first-order valence-electron chi connectivity index (χ1n) is 5.45. The van der Waals surface area contributed by atoms with Gasteiger partial charge in [0.1, 0.15) is 0 Å². The van der Waals surface area contributed by atoms with Crippen LogP contribution >= 0.6 is 34.2 Å². The molecule has 0 spiro atoms. The highest BCUT2D eigenvalue weighted by atomic mass is 127. The lowest BCUT2D eigenvalue weighted by molar-refractivity contribution is 0.208. The number of halogens is 2. The number of hydrogen-bond donors (Lipinski definition) is 1. The molecule has 1 unspecified atom stereocenters. The number of aliphatic hydroxyl groups excluding tert-OH is 1. The highest BCUT2D eigenvalue weighted by Crippen LogP contribution is 2.30. The van der Waals surface area contributed by atoms with Gasteiger partial charge in [-0.3, -0.25) is 0 Å². The third-order valence-electron chi connectivity index (χ3n) is 2.36. The van der Waals surface area contributed by atoms with Crippen molar-refractivity contribution in [3.63, 3.8) is 0 Å². The van der Waals surface area contributed by atoms with Gasteiger partial charge in [-0.05, 0) is 34.6 Å². The predicted octanol–water partition coefficient (Wildman–Crippen LogP) is 4.58. The minimum Gasteiger partial charge on any atom is -0.388 e. The zero-order chi connectivity index (χ0) is 12.0. The summed E-state index contributed by atoms with van der Waals surface area (Å²) in [5.74, 6) is 0. The molecule has 0 bridgehead atoms. The lowest BCUT2D eigenvalue weighted by Crippen LogP contribution is -2.06. The van der Waals surface area contributed by atoms with Crippen molar-refractivity contribution in [2.75, 3.05) is 0 Å². The van der Waals surface area contributed by atoms with Gasteiger partial charge in [0.25, 0.3) is 0 Å². The highest BCUT2D eigenvalue weighted by molar-refractivity contribution is 14.1. The molecule has 0 aromatic heterocycles. The summed E-state index contributed by atoms with van der Waals surface area (Å²) in [6.07, 6.45) is 2.45. The van der Waals surface area contributed by atoms with Crippen LogP contribution in [0, 0.1) is 0 Å². The fraction of sp³-hybridized carbons (Fsp3) is 0.385. The summed E-state index contributed by atoms with van der Waals surface area (Å²) in [5.41, 5.74) is 0.962. The average Bonchev–Trinajstić information content (AvgIpc) is 2.35. The van der Waals surface area contributed by atoms with Gasteiger partial charge in [0.05, 0.1) is 11.1 Å². The summed E-state index contributed by atoms with van der Waals surface area (Å²) in [4.78, 5) is 0. The van der Waals surface area contributed by atoms with E-state index in [0.717, 1.165) is 28.4 Å². The maximum Gasteiger partial charge on any atom is 0.0861 e. The predicted molar refractivity (Wildman–Crippen MR) is 78.8 cm³/mol. The number of aliphatic hydroxyl groups is 1. The highest BCUT2D eigenvalue weighted by Gasteiger charge is 2.12. The second-order valence-corrected chi connectivity index (χ2v) is 5.23. The molecule has 0 amide bonds.